The quantitative estimate of drug-likeness (QED) is 0.873. The van der Waals surface area contributed by atoms with Crippen molar-refractivity contribution >= 4 is 23.4 Å². The van der Waals surface area contributed by atoms with Crippen molar-refractivity contribution in [3.63, 3.8) is 0 Å². The van der Waals surface area contributed by atoms with E-state index in [0.29, 0.717) is 4.68 Å². The number of carbonyl (C=O) groups is 1. The molecule has 2 rings (SSSR count). The molecule has 2 aromatic rings. The third kappa shape index (κ3) is 2.84. The van der Waals surface area contributed by atoms with Crippen LogP contribution in [0, 0.1) is 0 Å². The van der Waals surface area contributed by atoms with E-state index in [1.807, 2.05) is 0 Å². The van der Waals surface area contributed by atoms with Crippen LogP contribution in [0.1, 0.15) is 23.0 Å². The van der Waals surface area contributed by atoms with Gasteiger partial charge in [-0.05, 0) is 13.0 Å². The molecule has 0 radical (unpaired) electrons. The van der Waals surface area contributed by atoms with E-state index in [0.717, 1.165) is 6.20 Å². The Morgan fingerprint density at radius 2 is 2.18 bits per heavy atom. The Labute approximate surface area is 127 Å². The van der Waals surface area contributed by atoms with Gasteiger partial charge in [0, 0.05) is 6.20 Å². The summed E-state index contributed by atoms with van der Waals surface area (Å²) in [5, 5.41) is 3.38. The molecule has 0 aliphatic rings. The zero-order valence-electron chi connectivity index (χ0n) is 11.2. The van der Waals surface area contributed by atoms with E-state index < -0.39 is 23.4 Å². The molecule has 2 N–H and O–H groups in total. The average molecular weight is 335 g/mol. The summed E-state index contributed by atoms with van der Waals surface area (Å²) in [6, 6.07) is 1.20. The number of aromatic nitrogens is 3. The topological polar surface area (TPSA) is 83.0 Å². The lowest BCUT2D eigenvalue weighted by molar-refractivity contribution is -0.143. The minimum atomic E-state index is -4.85. The first-order chi connectivity index (χ1) is 10.3. The summed E-state index contributed by atoms with van der Waals surface area (Å²) in [6.07, 6.45) is -2.89. The number of anilines is 1. The average Bonchev–Trinajstić information content (AvgIpc) is 2.87. The molecule has 0 amide bonds. The second kappa shape index (κ2) is 5.84. The lowest BCUT2D eigenvalue weighted by Gasteiger charge is -2.13. The fourth-order valence-electron chi connectivity index (χ4n) is 1.77. The van der Waals surface area contributed by atoms with Crippen molar-refractivity contribution in [1.82, 2.24) is 14.8 Å². The number of halogens is 4. The van der Waals surface area contributed by atoms with Crippen molar-refractivity contribution in [2.24, 2.45) is 0 Å². The number of hydrogen-bond donors (Lipinski definition) is 1. The van der Waals surface area contributed by atoms with E-state index in [9.17, 15) is 18.0 Å². The second-order valence-corrected chi connectivity index (χ2v) is 4.44. The van der Waals surface area contributed by atoms with Gasteiger partial charge in [-0.3, -0.25) is 0 Å². The number of nitrogens with zero attached hydrogens (tertiary/aromatic N) is 3. The molecule has 6 nitrogen and oxygen atoms in total. The molecule has 10 heteroatoms. The summed E-state index contributed by atoms with van der Waals surface area (Å²) >= 11 is 5.87. The number of nitrogens with two attached hydrogens (primary N) is 1. The molecule has 118 valence electrons. The lowest BCUT2D eigenvalue weighted by Crippen LogP contribution is -2.19. The van der Waals surface area contributed by atoms with Crippen LogP contribution in [-0.2, 0) is 10.9 Å². The minimum absolute atomic E-state index is 0.0652. The van der Waals surface area contributed by atoms with Gasteiger partial charge in [-0.1, -0.05) is 11.6 Å². The zero-order chi connectivity index (χ0) is 16.5. The molecule has 2 heterocycles. The maximum atomic E-state index is 13.3. The van der Waals surface area contributed by atoms with Crippen LogP contribution in [0.5, 0.6) is 0 Å². The number of hydrogen-bond acceptors (Lipinski definition) is 5. The minimum Gasteiger partial charge on any atom is -0.462 e. The van der Waals surface area contributed by atoms with E-state index in [1.165, 1.54) is 19.2 Å². The maximum absolute atomic E-state index is 13.3. The Morgan fingerprint density at radius 1 is 1.50 bits per heavy atom. The Balaban J connectivity index is 2.68. The molecule has 22 heavy (non-hydrogen) atoms. The summed E-state index contributed by atoms with van der Waals surface area (Å²) < 4.78 is 45.0. The van der Waals surface area contributed by atoms with Gasteiger partial charge in [-0.2, -0.15) is 18.3 Å². The van der Waals surface area contributed by atoms with Crippen molar-refractivity contribution in [2.45, 2.75) is 13.1 Å². The highest BCUT2D eigenvalue weighted by Crippen LogP contribution is 2.36. The van der Waals surface area contributed by atoms with E-state index >= 15 is 0 Å². The first-order valence-corrected chi connectivity index (χ1v) is 6.37. The molecule has 0 unspecified atom stereocenters. The van der Waals surface area contributed by atoms with Gasteiger partial charge in [0.15, 0.2) is 5.69 Å². The molecule has 0 saturated heterocycles. The Kier molecular flexibility index (Phi) is 4.27. The number of ether oxygens (including phenoxy) is 1. The number of nitrogen functional groups attached to an aromatic ring is 1. The van der Waals surface area contributed by atoms with Crippen LogP contribution in [0.25, 0.3) is 5.69 Å². The molecule has 0 aliphatic carbocycles. The summed E-state index contributed by atoms with van der Waals surface area (Å²) in [5.41, 5.74) is 3.33. The first-order valence-electron chi connectivity index (χ1n) is 6.00. The first kappa shape index (κ1) is 16.1. The molecule has 0 spiro atoms. The van der Waals surface area contributed by atoms with E-state index in [-0.39, 0.29) is 23.1 Å². The summed E-state index contributed by atoms with van der Waals surface area (Å²) in [5.74, 6) is -1.28. The predicted molar refractivity (Wildman–Crippen MR) is 71.7 cm³/mol. The Bertz CT molecular complexity index is 715. The van der Waals surface area contributed by atoms with Crippen LogP contribution in [0.4, 0.5) is 19.0 Å². The van der Waals surface area contributed by atoms with E-state index in [1.54, 1.807) is 0 Å². The van der Waals surface area contributed by atoms with Crippen molar-refractivity contribution < 1.29 is 22.7 Å². The van der Waals surface area contributed by atoms with Crippen LogP contribution in [0.3, 0.4) is 0 Å². The van der Waals surface area contributed by atoms with Gasteiger partial charge in [0.25, 0.3) is 0 Å². The number of carbonyl (C=O) groups excluding carboxylic acids is 1. The van der Waals surface area contributed by atoms with Crippen LogP contribution in [-0.4, -0.2) is 27.3 Å². The van der Waals surface area contributed by atoms with Gasteiger partial charge < -0.3 is 10.5 Å². The predicted octanol–water partition coefficient (Wildman–Crippen LogP) is 2.70. The van der Waals surface area contributed by atoms with Gasteiger partial charge in [-0.15, -0.1) is 0 Å². The molecule has 0 aromatic carbocycles. The van der Waals surface area contributed by atoms with Crippen LogP contribution >= 0.6 is 11.6 Å². The molecule has 0 saturated carbocycles. The molecular formula is C12H10ClF3N4O2. The highest BCUT2D eigenvalue weighted by molar-refractivity contribution is 6.34. The fraction of sp³-hybridized carbons (Fsp3) is 0.250. The van der Waals surface area contributed by atoms with E-state index in [2.05, 4.69) is 14.8 Å². The largest absolute Gasteiger partial charge is 0.462 e. The van der Waals surface area contributed by atoms with Crippen LogP contribution in [0.15, 0.2) is 18.5 Å². The number of pyridine rings is 1. The summed E-state index contributed by atoms with van der Waals surface area (Å²) in [4.78, 5) is 15.3. The highest BCUT2D eigenvalue weighted by atomic mass is 35.5. The fourth-order valence-corrected chi connectivity index (χ4v) is 1.97. The Morgan fingerprint density at radius 3 is 2.77 bits per heavy atom. The van der Waals surface area contributed by atoms with Gasteiger partial charge in [0.1, 0.15) is 16.4 Å². The molecule has 0 bridgehead atoms. The van der Waals surface area contributed by atoms with Crippen LogP contribution in [0.2, 0.25) is 5.02 Å². The van der Waals surface area contributed by atoms with E-state index in [4.69, 9.17) is 17.3 Å². The molecular weight excluding hydrogens is 325 g/mol. The summed E-state index contributed by atoms with van der Waals surface area (Å²) in [6.45, 7) is 1.42. The Hall–Kier alpha value is -2.29. The standard InChI is InChI=1S/C12H10ClF3N4O2/c1-2-22-11(21)6-5-19-20(9(6)12(14,15)16)7-3-4-18-10(17)8(7)13/h3-5H,2H2,1H3,(H2,17,18). The summed E-state index contributed by atoms with van der Waals surface area (Å²) in [7, 11) is 0. The number of alkyl halides is 3. The normalized spacial score (nSPS) is 11.5. The smallest absolute Gasteiger partial charge is 0.434 e. The van der Waals surface area contributed by atoms with Gasteiger partial charge in [0.2, 0.25) is 0 Å². The van der Waals surface area contributed by atoms with Gasteiger partial charge in [0.05, 0.1) is 18.5 Å². The second-order valence-electron chi connectivity index (χ2n) is 4.07. The lowest BCUT2D eigenvalue weighted by atomic mass is 10.2. The molecule has 0 aliphatic heterocycles. The monoisotopic (exact) mass is 334 g/mol. The third-order valence-electron chi connectivity index (χ3n) is 2.66. The molecule has 2 aromatic heterocycles. The molecule has 0 fully saturated rings. The number of rotatable bonds is 3. The third-order valence-corrected chi connectivity index (χ3v) is 3.04. The van der Waals surface area contributed by atoms with Crippen LogP contribution < -0.4 is 5.73 Å². The van der Waals surface area contributed by atoms with Gasteiger partial charge in [-0.25, -0.2) is 14.5 Å². The van der Waals surface area contributed by atoms with Crippen molar-refractivity contribution in [2.75, 3.05) is 12.3 Å². The number of esters is 1. The molecule has 0 atom stereocenters. The SMILES string of the molecule is CCOC(=O)c1cnn(-c2ccnc(N)c2Cl)c1C(F)(F)F. The maximum Gasteiger partial charge on any atom is 0.434 e. The van der Waals surface area contributed by atoms with Crippen molar-refractivity contribution in [1.29, 1.82) is 0 Å². The van der Waals surface area contributed by atoms with Gasteiger partial charge >= 0.3 is 12.1 Å². The van der Waals surface area contributed by atoms with Crippen molar-refractivity contribution in [3.8, 4) is 5.69 Å². The zero-order valence-corrected chi connectivity index (χ0v) is 11.9. The highest BCUT2D eigenvalue weighted by Gasteiger charge is 2.41. The van der Waals surface area contributed by atoms with Crippen molar-refractivity contribution in [3.05, 3.63) is 34.7 Å².